The number of piperidine rings is 1. The maximum Gasteiger partial charge on any atom is 0.306 e. The van der Waals surface area contributed by atoms with Crippen LogP contribution in [0.15, 0.2) is 78.9 Å². The van der Waals surface area contributed by atoms with Crippen molar-refractivity contribution in [3.63, 3.8) is 0 Å². The zero-order valence-electron chi connectivity index (χ0n) is 23.7. The van der Waals surface area contributed by atoms with E-state index in [0.29, 0.717) is 23.6 Å². The van der Waals surface area contributed by atoms with E-state index in [4.69, 9.17) is 16.3 Å². The van der Waals surface area contributed by atoms with Crippen LogP contribution in [0.4, 0.5) is 0 Å². The molecule has 212 valence electrons. The van der Waals surface area contributed by atoms with Gasteiger partial charge in [0.15, 0.2) is 0 Å². The standard InChI is InChI=1S/C34H41ClN2O3/c1-3-23-40-32(38)25-34(2,27-12-5-4-6-13-27)19-10-20-37-21-17-29(18-22-37)36-33(39)31-16-8-7-15-30(31)26-11-9-14-28(35)24-26/h4-9,11-16,24,29H,3,10,17-23,25H2,1-2H3,(H,36,39). The van der Waals surface area contributed by atoms with Gasteiger partial charge in [-0.05, 0) is 73.5 Å². The smallest absolute Gasteiger partial charge is 0.306 e. The highest BCUT2D eigenvalue weighted by atomic mass is 35.5. The summed E-state index contributed by atoms with van der Waals surface area (Å²) in [5.74, 6) is -0.163. The summed E-state index contributed by atoms with van der Waals surface area (Å²) in [4.78, 5) is 28.3. The van der Waals surface area contributed by atoms with Gasteiger partial charge in [-0.3, -0.25) is 9.59 Å². The first-order chi connectivity index (χ1) is 19.4. The molecule has 1 aliphatic heterocycles. The Morgan fingerprint density at radius 1 is 1.00 bits per heavy atom. The van der Waals surface area contributed by atoms with Gasteiger partial charge in [0.1, 0.15) is 0 Å². The van der Waals surface area contributed by atoms with Crippen molar-refractivity contribution in [1.82, 2.24) is 10.2 Å². The number of hydrogen-bond donors (Lipinski definition) is 1. The lowest BCUT2D eigenvalue weighted by Crippen LogP contribution is -2.45. The maximum absolute atomic E-state index is 13.2. The van der Waals surface area contributed by atoms with E-state index in [1.165, 1.54) is 5.56 Å². The number of halogens is 1. The minimum absolute atomic E-state index is 0.0392. The quantitative estimate of drug-likeness (QED) is 0.236. The van der Waals surface area contributed by atoms with Crippen LogP contribution in [-0.4, -0.2) is 49.1 Å². The van der Waals surface area contributed by atoms with E-state index in [0.717, 1.165) is 62.9 Å². The summed E-state index contributed by atoms with van der Waals surface area (Å²) in [5, 5.41) is 3.92. The van der Waals surface area contributed by atoms with Gasteiger partial charge in [0.2, 0.25) is 0 Å². The average molecular weight is 561 g/mol. The predicted octanol–water partition coefficient (Wildman–Crippen LogP) is 7.28. The van der Waals surface area contributed by atoms with Crippen molar-refractivity contribution >= 4 is 23.5 Å². The Balaban J connectivity index is 1.28. The Labute approximate surface area is 243 Å². The van der Waals surface area contributed by atoms with E-state index in [-0.39, 0.29) is 23.3 Å². The molecule has 5 nitrogen and oxygen atoms in total. The number of nitrogens with zero attached hydrogens (tertiary/aromatic N) is 1. The van der Waals surface area contributed by atoms with Crippen molar-refractivity contribution in [3.05, 3.63) is 95.0 Å². The topological polar surface area (TPSA) is 58.6 Å². The predicted molar refractivity (Wildman–Crippen MR) is 163 cm³/mol. The molecular weight excluding hydrogens is 520 g/mol. The van der Waals surface area contributed by atoms with Crippen LogP contribution in [0.5, 0.6) is 0 Å². The Morgan fingerprint density at radius 2 is 1.73 bits per heavy atom. The third kappa shape index (κ3) is 8.18. The molecule has 0 saturated carbocycles. The molecule has 0 aliphatic carbocycles. The number of rotatable bonds is 12. The van der Waals surface area contributed by atoms with Gasteiger partial charge in [-0.1, -0.05) is 86.1 Å². The molecule has 1 N–H and O–H groups in total. The highest BCUT2D eigenvalue weighted by molar-refractivity contribution is 6.30. The minimum atomic E-state index is -0.255. The van der Waals surface area contributed by atoms with Crippen LogP contribution in [-0.2, 0) is 14.9 Å². The number of esters is 1. The molecular formula is C34H41ClN2O3. The van der Waals surface area contributed by atoms with Crippen molar-refractivity contribution in [2.75, 3.05) is 26.2 Å². The number of carbonyl (C=O) groups is 2. The molecule has 1 heterocycles. The molecule has 6 heteroatoms. The van der Waals surface area contributed by atoms with Crippen LogP contribution < -0.4 is 5.32 Å². The Bertz CT molecular complexity index is 1260. The summed E-state index contributed by atoms with van der Waals surface area (Å²) in [6.07, 6.45) is 4.97. The van der Waals surface area contributed by atoms with Crippen LogP contribution >= 0.6 is 11.6 Å². The van der Waals surface area contributed by atoms with E-state index in [1.54, 1.807) is 0 Å². The van der Waals surface area contributed by atoms with Gasteiger partial charge < -0.3 is 15.0 Å². The molecule has 1 fully saturated rings. The lowest BCUT2D eigenvalue weighted by Gasteiger charge is -2.34. The average Bonchev–Trinajstić information content (AvgIpc) is 2.97. The molecule has 40 heavy (non-hydrogen) atoms. The largest absolute Gasteiger partial charge is 0.466 e. The number of ether oxygens (including phenoxy) is 1. The van der Waals surface area contributed by atoms with E-state index in [2.05, 4.69) is 29.3 Å². The van der Waals surface area contributed by atoms with E-state index in [9.17, 15) is 9.59 Å². The normalized spacial score (nSPS) is 15.8. The second kappa shape index (κ2) is 14.5. The van der Waals surface area contributed by atoms with Crippen molar-refractivity contribution in [1.29, 1.82) is 0 Å². The molecule has 1 unspecified atom stereocenters. The van der Waals surface area contributed by atoms with Crippen molar-refractivity contribution < 1.29 is 14.3 Å². The summed E-state index contributed by atoms with van der Waals surface area (Å²) >= 11 is 6.20. The Morgan fingerprint density at radius 3 is 2.45 bits per heavy atom. The van der Waals surface area contributed by atoms with Crippen LogP contribution in [0.25, 0.3) is 11.1 Å². The number of benzene rings is 3. The summed E-state index contributed by atoms with van der Waals surface area (Å²) in [7, 11) is 0. The monoisotopic (exact) mass is 560 g/mol. The van der Waals surface area contributed by atoms with Crippen molar-refractivity contribution in [3.8, 4) is 11.1 Å². The molecule has 1 amide bonds. The van der Waals surface area contributed by atoms with Crippen LogP contribution in [0.1, 0.15) is 68.3 Å². The summed E-state index contributed by atoms with van der Waals surface area (Å²) in [6.45, 7) is 7.53. The first kappa shape index (κ1) is 29.8. The molecule has 0 spiro atoms. The van der Waals surface area contributed by atoms with Crippen LogP contribution in [0.3, 0.4) is 0 Å². The second-order valence-corrected chi connectivity index (χ2v) is 11.5. The molecule has 3 aromatic rings. The van der Waals surface area contributed by atoms with Crippen LogP contribution in [0, 0.1) is 0 Å². The summed E-state index contributed by atoms with van der Waals surface area (Å²) in [5.41, 5.74) is 3.43. The minimum Gasteiger partial charge on any atom is -0.466 e. The zero-order valence-corrected chi connectivity index (χ0v) is 24.5. The Hall–Kier alpha value is -3.15. The zero-order chi connectivity index (χ0) is 28.4. The maximum atomic E-state index is 13.2. The molecule has 1 saturated heterocycles. The molecule has 1 aliphatic rings. The van der Waals surface area contributed by atoms with Gasteiger partial charge in [-0.25, -0.2) is 0 Å². The molecule has 1 atom stereocenters. The molecule has 4 rings (SSSR count). The van der Waals surface area contributed by atoms with Gasteiger partial charge >= 0.3 is 5.97 Å². The lowest BCUT2D eigenvalue weighted by atomic mass is 9.76. The molecule has 0 aromatic heterocycles. The molecule has 0 bridgehead atoms. The highest BCUT2D eigenvalue weighted by Crippen LogP contribution is 2.33. The highest BCUT2D eigenvalue weighted by Gasteiger charge is 2.30. The fraction of sp³-hybridized carbons (Fsp3) is 0.412. The fourth-order valence-corrected chi connectivity index (χ4v) is 5.80. The van der Waals surface area contributed by atoms with E-state index < -0.39 is 0 Å². The van der Waals surface area contributed by atoms with Gasteiger partial charge in [0, 0.05) is 35.1 Å². The SMILES string of the molecule is CCCOC(=O)CC(C)(CCCN1CCC(NC(=O)c2ccccc2-c2cccc(Cl)c2)CC1)c1ccccc1. The third-order valence-electron chi connectivity index (χ3n) is 7.91. The summed E-state index contributed by atoms with van der Waals surface area (Å²) in [6, 6.07) is 25.8. The third-order valence-corrected chi connectivity index (χ3v) is 8.14. The van der Waals surface area contributed by atoms with Gasteiger partial charge in [0.05, 0.1) is 13.0 Å². The van der Waals surface area contributed by atoms with E-state index in [1.807, 2.05) is 73.7 Å². The second-order valence-electron chi connectivity index (χ2n) is 11.1. The Kier molecular flexibility index (Phi) is 10.8. The van der Waals surface area contributed by atoms with Crippen LogP contribution in [0.2, 0.25) is 5.02 Å². The van der Waals surface area contributed by atoms with Gasteiger partial charge in [-0.2, -0.15) is 0 Å². The van der Waals surface area contributed by atoms with E-state index >= 15 is 0 Å². The number of hydrogen-bond acceptors (Lipinski definition) is 4. The fourth-order valence-electron chi connectivity index (χ4n) is 5.61. The first-order valence-corrected chi connectivity index (χ1v) is 14.8. The lowest BCUT2D eigenvalue weighted by molar-refractivity contribution is -0.145. The first-order valence-electron chi connectivity index (χ1n) is 14.5. The number of likely N-dealkylation sites (tertiary alicyclic amines) is 1. The number of amides is 1. The molecule has 3 aromatic carbocycles. The molecule has 0 radical (unpaired) electrons. The number of nitrogens with one attached hydrogen (secondary N) is 1. The van der Waals surface area contributed by atoms with Gasteiger partial charge in [-0.15, -0.1) is 0 Å². The van der Waals surface area contributed by atoms with Crippen molar-refractivity contribution in [2.45, 2.75) is 63.8 Å². The van der Waals surface area contributed by atoms with Crippen molar-refractivity contribution in [2.24, 2.45) is 0 Å². The summed E-state index contributed by atoms with van der Waals surface area (Å²) < 4.78 is 5.43. The number of carbonyl (C=O) groups excluding carboxylic acids is 2. The van der Waals surface area contributed by atoms with Gasteiger partial charge in [0.25, 0.3) is 5.91 Å².